The zero-order chi connectivity index (χ0) is 13.5. The molecule has 0 amide bonds. The van der Waals surface area contributed by atoms with Crippen LogP contribution < -0.4 is 5.56 Å². The topological polar surface area (TPSA) is 69.0 Å². The van der Waals surface area contributed by atoms with Gasteiger partial charge >= 0.3 is 0 Å². The maximum atomic E-state index is 12.1. The van der Waals surface area contributed by atoms with Crippen LogP contribution in [0.3, 0.4) is 0 Å². The maximum absolute atomic E-state index is 12.1. The molecule has 2 rings (SSSR count). The number of benzene rings is 1. The van der Waals surface area contributed by atoms with E-state index in [1.165, 1.54) is 29.1 Å². The summed E-state index contributed by atoms with van der Waals surface area (Å²) in [6.07, 6.45) is 1.45. The Morgan fingerprint density at radius 3 is 2.56 bits per heavy atom. The lowest BCUT2D eigenvalue weighted by Crippen LogP contribution is -2.22. The van der Waals surface area contributed by atoms with Crippen molar-refractivity contribution in [2.75, 3.05) is 0 Å². The van der Waals surface area contributed by atoms with E-state index in [1.54, 1.807) is 0 Å². The van der Waals surface area contributed by atoms with E-state index in [4.69, 9.17) is 10.7 Å². The van der Waals surface area contributed by atoms with E-state index in [-0.39, 0.29) is 21.9 Å². The normalized spacial score (nSPS) is 12.2. The zero-order valence-electron chi connectivity index (χ0n) is 9.79. The molecule has 0 N–H and O–H groups in total. The van der Waals surface area contributed by atoms with Crippen LogP contribution >= 0.6 is 10.7 Å². The second kappa shape index (κ2) is 4.37. The molecule has 0 radical (unpaired) electrons. The highest BCUT2D eigenvalue weighted by Crippen LogP contribution is 2.18. The second-order valence-electron chi connectivity index (χ2n) is 4.17. The van der Waals surface area contributed by atoms with Crippen LogP contribution in [0, 0.1) is 0 Å². The smallest absolute Gasteiger partial charge is 0.261 e. The fourth-order valence-corrected chi connectivity index (χ4v) is 2.41. The first-order chi connectivity index (χ1) is 8.30. The molecule has 0 saturated carbocycles. The van der Waals surface area contributed by atoms with Gasteiger partial charge in [0, 0.05) is 16.7 Å². The van der Waals surface area contributed by atoms with Gasteiger partial charge < -0.3 is 0 Å². The van der Waals surface area contributed by atoms with Crippen molar-refractivity contribution in [1.29, 1.82) is 0 Å². The summed E-state index contributed by atoms with van der Waals surface area (Å²) in [7, 11) is 1.41. The fraction of sp³-hybridized carbons (Fsp3) is 0.273. The molecule has 2 aromatic rings. The van der Waals surface area contributed by atoms with Crippen LogP contribution in [0.5, 0.6) is 0 Å². The average molecular weight is 287 g/mol. The van der Waals surface area contributed by atoms with Crippen molar-refractivity contribution in [3.05, 3.63) is 34.9 Å². The van der Waals surface area contributed by atoms with E-state index < -0.39 is 9.05 Å². The third-order valence-corrected chi connectivity index (χ3v) is 3.94. The van der Waals surface area contributed by atoms with E-state index in [0.717, 1.165) is 0 Å². The molecule has 0 unspecified atom stereocenters. The summed E-state index contributed by atoms with van der Waals surface area (Å²) in [5, 5.41) is 0.243. The highest BCUT2D eigenvalue weighted by Gasteiger charge is 2.13. The van der Waals surface area contributed by atoms with Gasteiger partial charge in [-0.3, -0.25) is 9.36 Å². The monoisotopic (exact) mass is 286 g/mol. The van der Waals surface area contributed by atoms with E-state index in [1.807, 2.05) is 13.8 Å². The lowest BCUT2D eigenvalue weighted by atomic mass is 10.2. The highest BCUT2D eigenvalue weighted by molar-refractivity contribution is 8.13. The van der Waals surface area contributed by atoms with Crippen LogP contribution in [0.15, 0.2) is 34.2 Å². The number of nitrogens with zero attached hydrogens (tertiary/aromatic N) is 2. The molecule has 0 aliphatic rings. The van der Waals surface area contributed by atoms with Gasteiger partial charge in [0.2, 0.25) is 0 Å². The largest absolute Gasteiger partial charge is 0.296 e. The van der Waals surface area contributed by atoms with Crippen LogP contribution in [-0.4, -0.2) is 18.0 Å². The summed E-state index contributed by atoms with van der Waals surface area (Å²) in [4.78, 5) is 16.1. The molecule has 0 aliphatic heterocycles. The first-order valence-electron chi connectivity index (χ1n) is 5.26. The van der Waals surface area contributed by atoms with Gasteiger partial charge in [-0.15, -0.1) is 0 Å². The quantitative estimate of drug-likeness (QED) is 0.791. The molecule has 1 heterocycles. The van der Waals surface area contributed by atoms with Gasteiger partial charge in [0.15, 0.2) is 0 Å². The summed E-state index contributed by atoms with van der Waals surface area (Å²) < 4.78 is 23.9. The van der Waals surface area contributed by atoms with Gasteiger partial charge in [0.1, 0.15) is 0 Å². The van der Waals surface area contributed by atoms with Crippen molar-refractivity contribution in [3.63, 3.8) is 0 Å². The van der Waals surface area contributed by atoms with Crippen molar-refractivity contribution >= 4 is 30.6 Å². The number of rotatable bonds is 2. The highest BCUT2D eigenvalue weighted by atomic mass is 35.7. The fourth-order valence-electron chi connectivity index (χ4n) is 1.63. The first-order valence-corrected chi connectivity index (χ1v) is 7.57. The number of hydrogen-bond acceptors (Lipinski definition) is 4. The molecule has 7 heteroatoms. The summed E-state index contributed by atoms with van der Waals surface area (Å²) >= 11 is 0. The van der Waals surface area contributed by atoms with E-state index >= 15 is 0 Å². The number of fused-ring (bicyclic) bond motifs is 1. The lowest BCUT2D eigenvalue weighted by molar-refractivity contribution is 0.573. The Kier molecular flexibility index (Phi) is 3.16. The maximum Gasteiger partial charge on any atom is 0.261 e. The third-order valence-electron chi connectivity index (χ3n) is 2.59. The minimum atomic E-state index is -3.85. The first kappa shape index (κ1) is 13.0. The Morgan fingerprint density at radius 1 is 1.33 bits per heavy atom. The van der Waals surface area contributed by atoms with Gasteiger partial charge in [0.25, 0.3) is 14.6 Å². The number of aromatic nitrogens is 2. The summed E-state index contributed by atoms with van der Waals surface area (Å²) in [5.74, 6) is 0. The Bertz CT molecular complexity index is 765. The van der Waals surface area contributed by atoms with Crippen molar-refractivity contribution in [2.24, 2.45) is 0 Å². The van der Waals surface area contributed by atoms with Gasteiger partial charge in [-0.25, -0.2) is 13.4 Å². The summed E-state index contributed by atoms with van der Waals surface area (Å²) in [6, 6.07) is 4.00. The van der Waals surface area contributed by atoms with Gasteiger partial charge in [-0.1, -0.05) is 0 Å². The SMILES string of the molecule is CC(C)n1cnc2ccc(S(=O)(=O)Cl)cc2c1=O. The zero-order valence-corrected chi connectivity index (χ0v) is 11.4. The summed E-state index contributed by atoms with van der Waals surface area (Å²) in [5.41, 5.74) is 0.165. The molecule has 18 heavy (non-hydrogen) atoms. The molecule has 1 aromatic carbocycles. The second-order valence-corrected chi connectivity index (χ2v) is 6.73. The van der Waals surface area contributed by atoms with Crippen LogP contribution in [0.4, 0.5) is 0 Å². The minimum Gasteiger partial charge on any atom is -0.296 e. The van der Waals surface area contributed by atoms with Crippen LogP contribution in [0.2, 0.25) is 0 Å². The van der Waals surface area contributed by atoms with E-state index in [0.29, 0.717) is 5.52 Å². The predicted octanol–water partition coefficient (Wildman–Crippen LogP) is 1.90. The van der Waals surface area contributed by atoms with Gasteiger partial charge in [-0.2, -0.15) is 0 Å². The minimum absolute atomic E-state index is 0.0503. The average Bonchev–Trinajstić information content (AvgIpc) is 2.27. The summed E-state index contributed by atoms with van der Waals surface area (Å²) in [6.45, 7) is 3.69. The molecular weight excluding hydrogens is 276 g/mol. The molecule has 0 bridgehead atoms. The Hall–Kier alpha value is -1.40. The molecule has 5 nitrogen and oxygen atoms in total. The molecule has 0 saturated heterocycles. The van der Waals surface area contributed by atoms with Crippen LogP contribution in [0.1, 0.15) is 19.9 Å². The molecule has 0 spiro atoms. The third kappa shape index (κ3) is 2.26. The Morgan fingerprint density at radius 2 is 2.00 bits per heavy atom. The standard InChI is InChI=1S/C11H11ClN2O3S/c1-7(2)14-6-13-10-4-3-8(18(12,16)17)5-9(10)11(14)15/h3-7H,1-2H3. The van der Waals surface area contributed by atoms with Gasteiger partial charge in [-0.05, 0) is 32.0 Å². The Balaban J connectivity index is 2.83. The molecule has 0 fully saturated rings. The predicted molar refractivity (Wildman–Crippen MR) is 69.4 cm³/mol. The number of halogens is 1. The number of hydrogen-bond donors (Lipinski definition) is 0. The van der Waals surface area contributed by atoms with E-state index in [9.17, 15) is 13.2 Å². The van der Waals surface area contributed by atoms with E-state index in [2.05, 4.69) is 4.98 Å². The van der Waals surface area contributed by atoms with Crippen molar-refractivity contribution < 1.29 is 8.42 Å². The van der Waals surface area contributed by atoms with Gasteiger partial charge in [0.05, 0.1) is 22.1 Å². The molecule has 1 aromatic heterocycles. The van der Waals surface area contributed by atoms with Crippen LogP contribution in [-0.2, 0) is 9.05 Å². The van der Waals surface area contributed by atoms with Crippen molar-refractivity contribution in [1.82, 2.24) is 9.55 Å². The van der Waals surface area contributed by atoms with Crippen molar-refractivity contribution in [2.45, 2.75) is 24.8 Å². The molecule has 96 valence electrons. The molecule has 0 atom stereocenters. The lowest BCUT2D eigenvalue weighted by Gasteiger charge is -2.09. The molecule has 0 aliphatic carbocycles. The van der Waals surface area contributed by atoms with Crippen molar-refractivity contribution in [3.8, 4) is 0 Å². The Labute approximate surface area is 108 Å². The molecular formula is C11H11ClN2O3S. The van der Waals surface area contributed by atoms with Crippen LogP contribution in [0.25, 0.3) is 10.9 Å².